The van der Waals surface area contributed by atoms with E-state index in [4.69, 9.17) is 10.5 Å². The van der Waals surface area contributed by atoms with E-state index in [9.17, 15) is 0 Å². The third kappa shape index (κ3) is 2.96. The average molecular weight is 309 g/mol. The second kappa shape index (κ2) is 6.30. The summed E-state index contributed by atoms with van der Waals surface area (Å²) in [6, 6.07) is 15.5. The standard InChI is InChI=1S/C19H23N3O/c20-19-10-14(6-8-21-19)11-22-12-16(15-4-2-1-3-5-15)17-13-23-9-7-18(17)22/h1-6,8,10,16-18H,7,9,11-13H2,(H2,20,21)/t16-,17+,18+/m1/s1. The predicted octanol–water partition coefficient (Wildman–Crippen LogP) is 2.67. The number of pyridine rings is 1. The van der Waals surface area contributed by atoms with Crippen molar-refractivity contribution in [2.24, 2.45) is 5.92 Å². The maximum absolute atomic E-state index is 5.83. The van der Waals surface area contributed by atoms with Gasteiger partial charge in [-0.15, -0.1) is 0 Å². The van der Waals surface area contributed by atoms with Crippen LogP contribution in [0.4, 0.5) is 5.82 Å². The Labute approximate surface area is 137 Å². The molecule has 3 atom stereocenters. The van der Waals surface area contributed by atoms with Crippen LogP contribution in [0.5, 0.6) is 0 Å². The second-order valence-electron chi connectivity index (χ2n) is 6.63. The molecule has 0 saturated carbocycles. The molecule has 4 nitrogen and oxygen atoms in total. The minimum atomic E-state index is 0.556. The molecule has 2 aromatic rings. The van der Waals surface area contributed by atoms with Crippen molar-refractivity contribution in [2.75, 3.05) is 25.5 Å². The van der Waals surface area contributed by atoms with E-state index in [2.05, 4.69) is 46.3 Å². The summed E-state index contributed by atoms with van der Waals surface area (Å²) in [6.45, 7) is 3.78. The molecule has 2 fully saturated rings. The topological polar surface area (TPSA) is 51.4 Å². The van der Waals surface area contributed by atoms with E-state index >= 15 is 0 Å². The molecule has 120 valence electrons. The molecule has 4 heteroatoms. The molecular formula is C19H23N3O. The molecule has 0 bridgehead atoms. The highest BCUT2D eigenvalue weighted by Gasteiger charge is 2.43. The van der Waals surface area contributed by atoms with E-state index in [1.165, 1.54) is 11.1 Å². The Bertz CT molecular complexity index is 661. The maximum Gasteiger partial charge on any atom is 0.123 e. The van der Waals surface area contributed by atoms with Gasteiger partial charge < -0.3 is 10.5 Å². The van der Waals surface area contributed by atoms with Gasteiger partial charge in [-0.25, -0.2) is 4.98 Å². The van der Waals surface area contributed by atoms with Crippen LogP contribution in [0.25, 0.3) is 0 Å². The van der Waals surface area contributed by atoms with Gasteiger partial charge in [0.25, 0.3) is 0 Å². The van der Waals surface area contributed by atoms with Crippen LogP contribution in [0.2, 0.25) is 0 Å². The van der Waals surface area contributed by atoms with Gasteiger partial charge in [-0.1, -0.05) is 30.3 Å². The lowest BCUT2D eigenvalue weighted by Crippen LogP contribution is -2.38. The number of nitrogens with zero attached hydrogens (tertiary/aromatic N) is 2. The zero-order chi connectivity index (χ0) is 15.6. The van der Waals surface area contributed by atoms with Crippen molar-refractivity contribution in [2.45, 2.75) is 24.9 Å². The Balaban J connectivity index is 1.58. The average Bonchev–Trinajstić information content (AvgIpc) is 2.95. The van der Waals surface area contributed by atoms with Gasteiger partial charge in [0, 0.05) is 43.8 Å². The van der Waals surface area contributed by atoms with Crippen LogP contribution in [-0.2, 0) is 11.3 Å². The molecule has 0 amide bonds. The highest BCUT2D eigenvalue weighted by atomic mass is 16.5. The first kappa shape index (κ1) is 14.7. The third-order valence-electron chi connectivity index (χ3n) is 5.24. The number of hydrogen-bond acceptors (Lipinski definition) is 4. The van der Waals surface area contributed by atoms with Crippen molar-refractivity contribution in [1.29, 1.82) is 0 Å². The number of rotatable bonds is 3. The molecule has 23 heavy (non-hydrogen) atoms. The van der Waals surface area contributed by atoms with Crippen LogP contribution in [0.15, 0.2) is 48.7 Å². The molecule has 0 aliphatic carbocycles. The minimum Gasteiger partial charge on any atom is -0.384 e. The summed E-state index contributed by atoms with van der Waals surface area (Å²) in [5.41, 5.74) is 8.52. The summed E-state index contributed by atoms with van der Waals surface area (Å²) < 4.78 is 5.80. The first-order valence-electron chi connectivity index (χ1n) is 8.38. The lowest BCUT2D eigenvalue weighted by Gasteiger charge is -2.32. The fourth-order valence-corrected chi connectivity index (χ4v) is 4.17. The highest BCUT2D eigenvalue weighted by Crippen LogP contribution is 2.41. The summed E-state index contributed by atoms with van der Waals surface area (Å²) >= 11 is 0. The number of ether oxygens (including phenoxy) is 1. The van der Waals surface area contributed by atoms with Gasteiger partial charge in [0.2, 0.25) is 0 Å². The van der Waals surface area contributed by atoms with Gasteiger partial charge >= 0.3 is 0 Å². The number of fused-ring (bicyclic) bond motifs is 1. The fraction of sp³-hybridized carbons (Fsp3) is 0.421. The molecule has 0 unspecified atom stereocenters. The highest BCUT2D eigenvalue weighted by molar-refractivity contribution is 5.32. The summed E-state index contributed by atoms with van der Waals surface area (Å²) in [7, 11) is 0. The van der Waals surface area contributed by atoms with Gasteiger partial charge in [0.05, 0.1) is 6.61 Å². The lowest BCUT2D eigenvalue weighted by molar-refractivity contribution is 0.0177. The van der Waals surface area contributed by atoms with Gasteiger partial charge in [0.15, 0.2) is 0 Å². The fourth-order valence-electron chi connectivity index (χ4n) is 4.17. The van der Waals surface area contributed by atoms with Gasteiger partial charge in [0.1, 0.15) is 5.82 Å². The molecule has 2 N–H and O–H groups in total. The molecule has 2 aliphatic rings. The summed E-state index contributed by atoms with van der Waals surface area (Å²) in [5, 5.41) is 0. The largest absolute Gasteiger partial charge is 0.384 e. The summed E-state index contributed by atoms with van der Waals surface area (Å²) in [4.78, 5) is 6.71. The first-order valence-corrected chi connectivity index (χ1v) is 8.38. The lowest BCUT2D eigenvalue weighted by atomic mass is 9.84. The van der Waals surface area contributed by atoms with Crippen molar-refractivity contribution in [3.8, 4) is 0 Å². The molecular weight excluding hydrogens is 286 g/mol. The van der Waals surface area contributed by atoms with Crippen molar-refractivity contribution in [3.63, 3.8) is 0 Å². The van der Waals surface area contributed by atoms with E-state index in [-0.39, 0.29) is 0 Å². The number of nitrogens with two attached hydrogens (primary N) is 1. The van der Waals surface area contributed by atoms with E-state index in [1.54, 1.807) is 6.20 Å². The van der Waals surface area contributed by atoms with Crippen LogP contribution in [-0.4, -0.2) is 35.7 Å². The van der Waals surface area contributed by atoms with Crippen LogP contribution < -0.4 is 5.73 Å². The van der Waals surface area contributed by atoms with Gasteiger partial charge in [-0.2, -0.15) is 0 Å². The number of benzene rings is 1. The molecule has 0 radical (unpaired) electrons. The van der Waals surface area contributed by atoms with Crippen molar-refractivity contribution in [3.05, 3.63) is 59.8 Å². The maximum atomic E-state index is 5.83. The van der Waals surface area contributed by atoms with Gasteiger partial charge in [-0.05, 0) is 29.7 Å². The zero-order valence-corrected chi connectivity index (χ0v) is 13.3. The van der Waals surface area contributed by atoms with Crippen LogP contribution in [0.1, 0.15) is 23.5 Å². The quantitative estimate of drug-likeness (QED) is 0.947. The van der Waals surface area contributed by atoms with Crippen molar-refractivity contribution in [1.82, 2.24) is 9.88 Å². The second-order valence-corrected chi connectivity index (χ2v) is 6.63. The summed E-state index contributed by atoms with van der Waals surface area (Å²) in [5.74, 6) is 1.75. The Morgan fingerprint density at radius 2 is 2.09 bits per heavy atom. The molecule has 4 rings (SSSR count). The van der Waals surface area contributed by atoms with Crippen molar-refractivity contribution >= 4 is 5.82 Å². The predicted molar refractivity (Wildman–Crippen MR) is 91.0 cm³/mol. The Morgan fingerprint density at radius 3 is 2.91 bits per heavy atom. The van der Waals surface area contributed by atoms with Crippen LogP contribution in [0, 0.1) is 5.92 Å². The Kier molecular flexibility index (Phi) is 4.02. The molecule has 2 aliphatic heterocycles. The zero-order valence-electron chi connectivity index (χ0n) is 13.3. The number of anilines is 1. The molecule has 0 spiro atoms. The number of hydrogen-bond donors (Lipinski definition) is 1. The van der Waals surface area contributed by atoms with Gasteiger partial charge in [-0.3, -0.25) is 4.90 Å². The normalized spacial score (nSPS) is 27.7. The third-order valence-corrected chi connectivity index (χ3v) is 5.24. The van der Waals surface area contributed by atoms with Crippen LogP contribution >= 0.6 is 0 Å². The number of likely N-dealkylation sites (tertiary alicyclic amines) is 1. The van der Waals surface area contributed by atoms with E-state index < -0.39 is 0 Å². The van der Waals surface area contributed by atoms with E-state index in [0.717, 1.165) is 32.7 Å². The Hall–Kier alpha value is -1.91. The smallest absolute Gasteiger partial charge is 0.123 e. The first-order chi connectivity index (χ1) is 11.3. The molecule has 3 heterocycles. The Morgan fingerprint density at radius 1 is 1.22 bits per heavy atom. The molecule has 1 aromatic carbocycles. The molecule has 2 saturated heterocycles. The van der Waals surface area contributed by atoms with Crippen molar-refractivity contribution < 1.29 is 4.74 Å². The van der Waals surface area contributed by atoms with E-state index in [0.29, 0.717) is 23.7 Å². The number of nitrogen functional groups attached to an aromatic ring is 1. The SMILES string of the molecule is Nc1cc(CN2C[C@H](c3ccccc3)[C@@H]3COCC[C@@H]32)ccn1. The number of aromatic nitrogens is 1. The molecule has 1 aromatic heterocycles. The van der Waals surface area contributed by atoms with E-state index in [1.807, 2.05) is 6.07 Å². The minimum absolute atomic E-state index is 0.556. The monoisotopic (exact) mass is 309 g/mol. The van der Waals surface area contributed by atoms with Crippen LogP contribution in [0.3, 0.4) is 0 Å². The summed E-state index contributed by atoms with van der Waals surface area (Å²) in [6.07, 6.45) is 2.92.